The van der Waals surface area contributed by atoms with Crippen LogP contribution in [0.5, 0.6) is 0 Å². The lowest BCUT2D eigenvalue weighted by molar-refractivity contribution is -0.118. The molecule has 3 aromatic rings. The lowest BCUT2D eigenvalue weighted by Crippen LogP contribution is -2.48. The van der Waals surface area contributed by atoms with Crippen LogP contribution in [0.2, 0.25) is 5.02 Å². The number of likely N-dealkylation sites (tertiary alicyclic amines) is 1. The first-order valence-electron chi connectivity index (χ1n) is 8.44. The van der Waals surface area contributed by atoms with E-state index in [0.29, 0.717) is 36.4 Å². The lowest BCUT2D eigenvalue weighted by Gasteiger charge is -2.36. The average Bonchev–Trinajstić information content (AvgIpc) is 3.09. The number of benzene rings is 2. The Bertz CT molecular complexity index is 954. The zero-order chi connectivity index (χ0) is 18.8. The highest BCUT2D eigenvalue weighted by Crippen LogP contribution is 2.28. The highest BCUT2D eigenvalue weighted by molar-refractivity contribution is 9.10. The number of nitrogens with zero attached hydrogens (tertiary/aromatic N) is 3. The van der Waals surface area contributed by atoms with Crippen LogP contribution in [-0.2, 0) is 4.79 Å². The molecule has 1 N–H and O–H groups in total. The van der Waals surface area contributed by atoms with Crippen molar-refractivity contribution >= 4 is 39.1 Å². The number of hydrogen-bond acceptors (Lipinski definition) is 5. The van der Waals surface area contributed by atoms with Gasteiger partial charge in [0.1, 0.15) is 0 Å². The molecule has 27 heavy (non-hydrogen) atoms. The van der Waals surface area contributed by atoms with Gasteiger partial charge in [-0.15, -0.1) is 0 Å². The van der Waals surface area contributed by atoms with E-state index < -0.39 is 0 Å². The Morgan fingerprint density at radius 2 is 2.04 bits per heavy atom. The summed E-state index contributed by atoms with van der Waals surface area (Å²) in [5, 5.41) is 7.55. The maximum Gasteiger partial charge on any atom is 0.238 e. The summed E-state index contributed by atoms with van der Waals surface area (Å²) in [4.78, 5) is 18.6. The molecule has 0 saturated carbocycles. The van der Waals surface area contributed by atoms with E-state index in [0.717, 1.165) is 15.7 Å². The highest BCUT2D eigenvalue weighted by atomic mass is 79.9. The molecule has 1 aromatic heterocycles. The molecule has 1 saturated heterocycles. The maximum atomic E-state index is 12.1. The van der Waals surface area contributed by atoms with E-state index in [1.54, 1.807) is 12.1 Å². The first kappa shape index (κ1) is 18.2. The first-order valence-corrected chi connectivity index (χ1v) is 9.61. The number of halogens is 2. The summed E-state index contributed by atoms with van der Waals surface area (Å²) < 4.78 is 6.36. The molecule has 0 aliphatic carbocycles. The Morgan fingerprint density at radius 1 is 1.26 bits per heavy atom. The van der Waals surface area contributed by atoms with E-state index in [9.17, 15) is 4.79 Å². The standard InChI is InChI=1S/C19H16BrClN4O2/c20-14-4-6-16(7-5-14)22-17(26)11-25-9-13(10-25)19-23-18(24-27-19)12-2-1-3-15(21)8-12/h1-8,13H,9-11H2,(H,22,26). The SMILES string of the molecule is O=C(CN1CC(c2nc(-c3cccc(Cl)c3)no2)C1)Nc1ccc(Br)cc1. The van der Waals surface area contributed by atoms with Crippen LogP contribution in [0.4, 0.5) is 5.69 Å². The van der Waals surface area contributed by atoms with Crippen molar-refractivity contribution in [2.24, 2.45) is 0 Å². The van der Waals surface area contributed by atoms with Crippen LogP contribution in [0.3, 0.4) is 0 Å². The summed E-state index contributed by atoms with van der Waals surface area (Å²) in [6, 6.07) is 14.8. The van der Waals surface area contributed by atoms with Crippen LogP contribution < -0.4 is 5.32 Å². The van der Waals surface area contributed by atoms with Gasteiger partial charge < -0.3 is 9.84 Å². The number of carbonyl (C=O) groups excluding carboxylic acids is 1. The third-order valence-corrected chi connectivity index (χ3v) is 5.09. The predicted molar refractivity (Wildman–Crippen MR) is 107 cm³/mol. The van der Waals surface area contributed by atoms with Crippen molar-refractivity contribution in [2.75, 3.05) is 25.0 Å². The van der Waals surface area contributed by atoms with Gasteiger partial charge in [0.25, 0.3) is 0 Å². The van der Waals surface area contributed by atoms with Crippen molar-refractivity contribution in [3.8, 4) is 11.4 Å². The third-order valence-electron chi connectivity index (χ3n) is 4.33. The fourth-order valence-electron chi connectivity index (χ4n) is 2.94. The Hall–Kier alpha value is -2.22. The highest BCUT2D eigenvalue weighted by Gasteiger charge is 2.33. The Balaban J connectivity index is 1.29. The minimum atomic E-state index is -0.0408. The van der Waals surface area contributed by atoms with E-state index in [1.807, 2.05) is 41.3 Å². The second-order valence-corrected chi connectivity index (χ2v) is 7.76. The van der Waals surface area contributed by atoms with E-state index in [1.165, 1.54) is 0 Å². The molecule has 2 heterocycles. The van der Waals surface area contributed by atoms with Crippen molar-refractivity contribution in [1.82, 2.24) is 15.0 Å². The molecule has 2 aromatic carbocycles. The van der Waals surface area contributed by atoms with Crippen molar-refractivity contribution in [1.29, 1.82) is 0 Å². The molecular formula is C19H16BrClN4O2. The molecule has 1 fully saturated rings. The molecule has 1 amide bonds. The van der Waals surface area contributed by atoms with Crippen LogP contribution >= 0.6 is 27.5 Å². The third kappa shape index (κ3) is 4.37. The molecule has 4 rings (SSSR count). The number of carbonyl (C=O) groups is 1. The van der Waals surface area contributed by atoms with Gasteiger partial charge in [0.2, 0.25) is 17.6 Å². The number of rotatable bonds is 5. The molecule has 0 spiro atoms. The monoisotopic (exact) mass is 446 g/mol. The zero-order valence-electron chi connectivity index (χ0n) is 14.2. The topological polar surface area (TPSA) is 71.3 Å². The minimum absolute atomic E-state index is 0.0408. The molecule has 1 aliphatic rings. The molecular weight excluding hydrogens is 432 g/mol. The summed E-state index contributed by atoms with van der Waals surface area (Å²) in [5.74, 6) is 1.22. The minimum Gasteiger partial charge on any atom is -0.339 e. The summed E-state index contributed by atoms with van der Waals surface area (Å²) in [7, 11) is 0. The van der Waals surface area contributed by atoms with Crippen molar-refractivity contribution < 1.29 is 9.32 Å². The molecule has 0 unspecified atom stereocenters. The van der Waals surface area contributed by atoms with Gasteiger partial charge >= 0.3 is 0 Å². The van der Waals surface area contributed by atoms with Crippen LogP contribution in [-0.4, -0.2) is 40.6 Å². The molecule has 0 atom stereocenters. The quantitative estimate of drug-likeness (QED) is 0.635. The average molecular weight is 448 g/mol. The summed E-state index contributed by atoms with van der Waals surface area (Å²) >= 11 is 9.38. The number of amides is 1. The van der Waals surface area contributed by atoms with Crippen molar-refractivity contribution in [3.63, 3.8) is 0 Å². The molecule has 0 radical (unpaired) electrons. The van der Waals surface area contributed by atoms with Crippen LogP contribution in [0.15, 0.2) is 57.5 Å². The molecule has 8 heteroatoms. The summed E-state index contributed by atoms with van der Waals surface area (Å²) in [6.07, 6.45) is 0. The van der Waals surface area contributed by atoms with E-state index in [4.69, 9.17) is 16.1 Å². The number of hydrogen-bond donors (Lipinski definition) is 1. The number of anilines is 1. The van der Waals surface area contributed by atoms with Gasteiger partial charge in [-0.3, -0.25) is 9.69 Å². The first-order chi connectivity index (χ1) is 13.1. The van der Waals surface area contributed by atoms with E-state index >= 15 is 0 Å². The van der Waals surface area contributed by atoms with Gasteiger partial charge in [-0.05, 0) is 36.4 Å². The maximum absolute atomic E-state index is 12.1. The second kappa shape index (κ2) is 7.80. The van der Waals surface area contributed by atoms with Gasteiger partial charge in [-0.2, -0.15) is 4.98 Å². The molecule has 138 valence electrons. The summed E-state index contributed by atoms with van der Waals surface area (Å²) in [5.41, 5.74) is 1.60. The Labute approximate surface area is 169 Å². The largest absolute Gasteiger partial charge is 0.339 e. The molecule has 6 nitrogen and oxygen atoms in total. The zero-order valence-corrected chi connectivity index (χ0v) is 16.6. The van der Waals surface area contributed by atoms with Gasteiger partial charge in [0.05, 0.1) is 12.5 Å². The number of nitrogens with one attached hydrogen (secondary N) is 1. The Morgan fingerprint density at radius 3 is 2.78 bits per heavy atom. The van der Waals surface area contributed by atoms with Crippen LogP contribution in [0.25, 0.3) is 11.4 Å². The van der Waals surface area contributed by atoms with E-state index in [-0.39, 0.29) is 11.8 Å². The predicted octanol–water partition coefficient (Wildman–Crippen LogP) is 4.19. The smallest absolute Gasteiger partial charge is 0.238 e. The van der Waals surface area contributed by atoms with Gasteiger partial charge in [0.15, 0.2) is 0 Å². The number of aromatic nitrogens is 2. The Kier molecular flexibility index (Phi) is 5.24. The van der Waals surface area contributed by atoms with Crippen molar-refractivity contribution in [3.05, 3.63) is 63.9 Å². The van der Waals surface area contributed by atoms with Gasteiger partial charge in [-0.1, -0.05) is 44.8 Å². The lowest BCUT2D eigenvalue weighted by atomic mass is 10.0. The molecule has 0 bridgehead atoms. The second-order valence-electron chi connectivity index (χ2n) is 6.41. The fourth-order valence-corrected chi connectivity index (χ4v) is 3.39. The van der Waals surface area contributed by atoms with Crippen LogP contribution in [0.1, 0.15) is 11.8 Å². The summed E-state index contributed by atoms with van der Waals surface area (Å²) in [6.45, 7) is 1.76. The van der Waals surface area contributed by atoms with E-state index in [2.05, 4.69) is 31.4 Å². The normalized spacial score (nSPS) is 14.7. The van der Waals surface area contributed by atoms with Crippen LogP contribution in [0, 0.1) is 0 Å². The fraction of sp³-hybridized carbons (Fsp3) is 0.211. The van der Waals surface area contributed by atoms with Gasteiger partial charge in [-0.25, -0.2) is 0 Å². The van der Waals surface area contributed by atoms with Gasteiger partial charge in [0, 0.05) is 33.8 Å². The van der Waals surface area contributed by atoms with Crippen molar-refractivity contribution in [2.45, 2.75) is 5.92 Å². The molecule has 1 aliphatic heterocycles.